The van der Waals surface area contributed by atoms with Crippen LogP contribution in [0.2, 0.25) is 5.02 Å². The first-order valence-electron chi connectivity index (χ1n) is 9.05. The second kappa shape index (κ2) is 6.28. The highest BCUT2D eigenvalue weighted by Crippen LogP contribution is 2.50. The molecule has 27 heavy (non-hydrogen) atoms. The van der Waals surface area contributed by atoms with E-state index in [1.165, 1.54) is 0 Å². The van der Waals surface area contributed by atoms with Crippen LogP contribution in [0.5, 0.6) is 11.5 Å². The zero-order valence-electron chi connectivity index (χ0n) is 15.6. The number of thiocarbonyl (C=S) groups is 1. The lowest BCUT2D eigenvalue weighted by molar-refractivity contribution is -0.0129. The molecule has 2 aliphatic rings. The molecule has 3 N–H and O–H groups in total. The van der Waals surface area contributed by atoms with Crippen molar-refractivity contribution in [1.82, 2.24) is 10.6 Å². The molecular formula is C21H23ClN2O2S. The molecule has 142 valence electrons. The van der Waals surface area contributed by atoms with Gasteiger partial charge in [-0.3, -0.25) is 0 Å². The summed E-state index contributed by atoms with van der Waals surface area (Å²) in [6.07, 6.45) is 1.41. The van der Waals surface area contributed by atoms with Gasteiger partial charge in [0, 0.05) is 41.0 Å². The molecule has 0 bridgehead atoms. The summed E-state index contributed by atoms with van der Waals surface area (Å²) in [4.78, 5) is 0. The molecule has 4 rings (SSSR count). The normalized spacial score (nSPS) is 25.9. The molecule has 0 radical (unpaired) electrons. The van der Waals surface area contributed by atoms with E-state index in [1.807, 2.05) is 25.1 Å². The highest BCUT2D eigenvalue weighted by Gasteiger charge is 2.49. The zero-order chi connectivity index (χ0) is 19.4. The van der Waals surface area contributed by atoms with Crippen molar-refractivity contribution in [3.63, 3.8) is 0 Å². The highest BCUT2D eigenvalue weighted by molar-refractivity contribution is 7.80. The number of aromatic hydroxyl groups is 1. The number of benzene rings is 2. The molecule has 2 aromatic carbocycles. The average molecular weight is 403 g/mol. The van der Waals surface area contributed by atoms with Crippen molar-refractivity contribution in [1.29, 1.82) is 0 Å². The number of phenols is 1. The second-order valence-corrected chi connectivity index (χ2v) is 9.00. The van der Waals surface area contributed by atoms with Gasteiger partial charge in [0.2, 0.25) is 0 Å². The van der Waals surface area contributed by atoms with Gasteiger partial charge in [0.1, 0.15) is 11.5 Å². The molecule has 1 fully saturated rings. The van der Waals surface area contributed by atoms with Gasteiger partial charge in [-0.05, 0) is 56.2 Å². The van der Waals surface area contributed by atoms with Crippen LogP contribution in [-0.4, -0.2) is 21.5 Å². The largest absolute Gasteiger partial charge is 0.508 e. The molecule has 4 nitrogen and oxygen atoms in total. The minimum atomic E-state index is -0.664. The Hall–Kier alpha value is -1.98. The standard InChI is InChI=1S/C21H23ClN2O2S/c1-12-8-13(25)9-17-18(12)15(14-6-4-5-7-16(14)22)10-21(26-17)11-20(2,3)23-19(27)24-21/h4-9,15,25H,10-11H2,1-3H3,(H2,23,24,27)/t15-,21-/m1/s1. The third kappa shape index (κ3) is 3.34. The van der Waals surface area contributed by atoms with Crippen LogP contribution < -0.4 is 15.4 Å². The Morgan fingerprint density at radius 3 is 2.67 bits per heavy atom. The number of halogens is 1. The van der Waals surface area contributed by atoms with Gasteiger partial charge in [-0.1, -0.05) is 29.8 Å². The molecule has 2 atom stereocenters. The Kier molecular flexibility index (Phi) is 4.28. The van der Waals surface area contributed by atoms with Gasteiger partial charge in [0.05, 0.1) is 0 Å². The van der Waals surface area contributed by atoms with E-state index in [1.54, 1.807) is 12.1 Å². The minimum absolute atomic E-state index is 0.0345. The number of nitrogens with one attached hydrogen (secondary N) is 2. The maximum Gasteiger partial charge on any atom is 0.185 e. The number of ether oxygens (including phenoxy) is 1. The van der Waals surface area contributed by atoms with E-state index < -0.39 is 5.72 Å². The Morgan fingerprint density at radius 1 is 1.22 bits per heavy atom. The van der Waals surface area contributed by atoms with E-state index >= 15 is 0 Å². The summed E-state index contributed by atoms with van der Waals surface area (Å²) in [5.41, 5.74) is 2.23. The third-order valence-electron chi connectivity index (χ3n) is 5.32. The van der Waals surface area contributed by atoms with Gasteiger partial charge >= 0.3 is 0 Å². The molecule has 1 saturated heterocycles. The minimum Gasteiger partial charge on any atom is -0.508 e. The first-order chi connectivity index (χ1) is 12.7. The zero-order valence-corrected chi connectivity index (χ0v) is 17.2. The Labute approximate surface area is 169 Å². The summed E-state index contributed by atoms with van der Waals surface area (Å²) < 4.78 is 6.48. The van der Waals surface area contributed by atoms with Gasteiger partial charge in [-0.2, -0.15) is 0 Å². The van der Waals surface area contributed by atoms with E-state index in [0.29, 0.717) is 17.3 Å². The number of hydrogen-bond donors (Lipinski definition) is 3. The van der Waals surface area contributed by atoms with Crippen molar-refractivity contribution >= 4 is 28.9 Å². The summed E-state index contributed by atoms with van der Waals surface area (Å²) in [6, 6.07) is 11.4. The molecule has 2 aromatic rings. The molecular weight excluding hydrogens is 380 g/mol. The lowest BCUT2D eigenvalue weighted by Gasteiger charge is -2.50. The van der Waals surface area contributed by atoms with Crippen LogP contribution in [0.4, 0.5) is 0 Å². The molecule has 0 saturated carbocycles. The van der Waals surface area contributed by atoms with Crippen LogP contribution >= 0.6 is 23.8 Å². The topological polar surface area (TPSA) is 53.5 Å². The van der Waals surface area contributed by atoms with Crippen LogP contribution in [0.1, 0.15) is 49.3 Å². The number of fused-ring (bicyclic) bond motifs is 1. The summed E-state index contributed by atoms with van der Waals surface area (Å²) in [5, 5.41) is 18.1. The molecule has 0 unspecified atom stereocenters. The van der Waals surface area contributed by atoms with E-state index in [0.717, 1.165) is 28.1 Å². The van der Waals surface area contributed by atoms with Crippen molar-refractivity contribution < 1.29 is 9.84 Å². The smallest absolute Gasteiger partial charge is 0.185 e. The van der Waals surface area contributed by atoms with Crippen LogP contribution in [0.3, 0.4) is 0 Å². The predicted molar refractivity (Wildman–Crippen MR) is 112 cm³/mol. The maximum atomic E-state index is 10.2. The number of hydrogen-bond acceptors (Lipinski definition) is 3. The summed E-state index contributed by atoms with van der Waals surface area (Å²) in [5.74, 6) is 0.904. The second-order valence-electron chi connectivity index (χ2n) is 8.19. The molecule has 0 amide bonds. The van der Waals surface area contributed by atoms with Gasteiger partial charge in [0.25, 0.3) is 0 Å². The monoisotopic (exact) mass is 402 g/mol. The maximum absolute atomic E-state index is 10.2. The fourth-order valence-electron chi connectivity index (χ4n) is 4.52. The van der Waals surface area contributed by atoms with E-state index in [2.05, 4.69) is 30.5 Å². The Bertz CT molecular complexity index is 930. The number of rotatable bonds is 1. The van der Waals surface area contributed by atoms with Crippen molar-refractivity contribution in [3.05, 3.63) is 58.1 Å². The summed E-state index contributed by atoms with van der Waals surface area (Å²) in [7, 11) is 0. The third-order valence-corrected chi connectivity index (χ3v) is 5.87. The van der Waals surface area contributed by atoms with Gasteiger partial charge in [-0.15, -0.1) is 0 Å². The van der Waals surface area contributed by atoms with Crippen molar-refractivity contribution in [2.45, 2.75) is 50.8 Å². The molecule has 6 heteroatoms. The quantitative estimate of drug-likeness (QED) is 0.608. The Morgan fingerprint density at radius 2 is 1.96 bits per heavy atom. The molecule has 2 aliphatic heterocycles. The fraction of sp³-hybridized carbons (Fsp3) is 0.381. The molecule has 0 aromatic heterocycles. The summed E-state index contributed by atoms with van der Waals surface area (Å²) >= 11 is 12.0. The van der Waals surface area contributed by atoms with E-state index in [4.69, 9.17) is 28.6 Å². The van der Waals surface area contributed by atoms with Crippen LogP contribution in [-0.2, 0) is 0 Å². The van der Waals surface area contributed by atoms with Crippen LogP contribution in [0.25, 0.3) is 0 Å². The van der Waals surface area contributed by atoms with Gasteiger partial charge in [0.15, 0.2) is 10.8 Å². The lowest BCUT2D eigenvalue weighted by atomic mass is 9.76. The van der Waals surface area contributed by atoms with Crippen molar-refractivity contribution in [2.24, 2.45) is 0 Å². The first kappa shape index (κ1) is 18.4. The first-order valence-corrected chi connectivity index (χ1v) is 9.84. The molecule has 1 spiro atoms. The average Bonchev–Trinajstić information content (AvgIpc) is 2.51. The fourth-order valence-corrected chi connectivity index (χ4v) is 5.25. The molecule has 0 aliphatic carbocycles. The van der Waals surface area contributed by atoms with E-state index in [9.17, 15) is 5.11 Å². The number of aryl methyl sites for hydroxylation is 1. The summed E-state index contributed by atoms with van der Waals surface area (Å²) in [6.45, 7) is 6.21. The van der Waals surface area contributed by atoms with Crippen LogP contribution in [0.15, 0.2) is 36.4 Å². The highest BCUT2D eigenvalue weighted by atomic mass is 35.5. The molecule has 2 heterocycles. The van der Waals surface area contributed by atoms with Crippen LogP contribution in [0, 0.1) is 6.92 Å². The SMILES string of the molecule is Cc1cc(O)cc2c1[C@@H](c1ccccc1Cl)C[C@]1(CC(C)(C)NC(=S)N1)O2. The lowest BCUT2D eigenvalue weighted by Crippen LogP contribution is -2.69. The van der Waals surface area contributed by atoms with Gasteiger partial charge in [-0.25, -0.2) is 0 Å². The van der Waals surface area contributed by atoms with Crippen molar-refractivity contribution in [2.75, 3.05) is 0 Å². The number of phenolic OH excluding ortho intramolecular Hbond substituents is 1. The predicted octanol–water partition coefficient (Wildman–Crippen LogP) is 4.61. The van der Waals surface area contributed by atoms with Crippen molar-refractivity contribution in [3.8, 4) is 11.5 Å². The van der Waals surface area contributed by atoms with Gasteiger partial charge < -0.3 is 20.5 Å². The van der Waals surface area contributed by atoms with E-state index in [-0.39, 0.29) is 17.2 Å². The Balaban J connectivity index is 1.89.